The number of ether oxygens (including phenoxy) is 1. The minimum Gasteiger partial charge on any atom is -0.497 e. The van der Waals surface area contributed by atoms with Gasteiger partial charge in [0.25, 0.3) is 5.91 Å². The fourth-order valence-corrected chi connectivity index (χ4v) is 1.68. The molecule has 0 saturated heterocycles. The van der Waals surface area contributed by atoms with Crippen molar-refractivity contribution >= 4 is 11.6 Å². The third kappa shape index (κ3) is 4.44. The number of rotatable bonds is 6. The zero-order valence-electron chi connectivity index (χ0n) is 11.7. The molecule has 4 N–H and O–H groups in total. The molecule has 1 amide bonds. The zero-order chi connectivity index (χ0) is 14.5. The second-order valence-electron chi connectivity index (χ2n) is 5.27. The number of amides is 1. The van der Waals surface area contributed by atoms with Crippen LogP contribution in [0.15, 0.2) is 18.2 Å². The van der Waals surface area contributed by atoms with Crippen LogP contribution in [-0.4, -0.2) is 31.3 Å². The van der Waals surface area contributed by atoms with E-state index in [0.717, 1.165) is 0 Å². The van der Waals surface area contributed by atoms with E-state index in [1.54, 1.807) is 25.3 Å². The summed E-state index contributed by atoms with van der Waals surface area (Å²) in [6.07, 6.45) is 0.630. The van der Waals surface area contributed by atoms with Crippen molar-refractivity contribution in [3.63, 3.8) is 0 Å². The zero-order valence-corrected chi connectivity index (χ0v) is 11.7. The molecule has 0 spiro atoms. The second-order valence-corrected chi connectivity index (χ2v) is 5.27. The van der Waals surface area contributed by atoms with E-state index in [4.69, 9.17) is 15.6 Å². The van der Waals surface area contributed by atoms with Crippen molar-refractivity contribution in [2.75, 3.05) is 26.0 Å². The number of methoxy groups -OCH3 is 1. The van der Waals surface area contributed by atoms with Crippen LogP contribution in [0.3, 0.4) is 0 Å². The van der Waals surface area contributed by atoms with Crippen LogP contribution in [0.25, 0.3) is 0 Å². The van der Waals surface area contributed by atoms with Gasteiger partial charge in [0.05, 0.1) is 12.7 Å². The number of hydrogen-bond donors (Lipinski definition) is 3. The van der Waals surface area contributed by atoms with Crippen LogP contribution in [-0.2, 0) is 0 Å². The first-order chi connectivity index (χ1) is 8.89. The lowest BCUT2D eigenvalue weighted by Crippen LogP contribution is -2.34. The third-order valence-electron chi connectivity index (χ3n) is 3.02. The summed E-state index contributed by atoms with van der Waals surface area (Å²) in [6, 6.07) is 4.96. The number of carbonyl (C=O) groups excluding carboxylic acids is 1. The van der Waals surface area contributed by atoms with Gasteiger partial charge < -0.3 is 20.9 Å². The molecule has 5 nitrogen and oxygen atoms in total. The standard InChI is InChI=1S/C14H22N2O3/c1-14(2,6-7-17)9-16-13(18)11-5-4-10(19-3)8-12(11)15/h4-5,8,17H,6-7,9,15H2,1-3H3,(H,16,18). The van der Waals surface area contributed by atoms with Gasteiger partial charge in [-0.15, -0.1) is 0 Å². The first-order valence-corrected chi connectivity index (χ1v) is 6.22. The Labute approximate surface area is 113 Å². The van der Waals surface area contributed by atoms with Gasteiger partial charge in [0.15, 0.2) is 0 Å². The molecule has 0 heterocycles. The number of aliphatic hydroxyl groups excluding tert-OH is 1. The van der Waals surface area contributed by atoms with Crippen LogP contribution in [0.5, 0.6) is 5.75 Å². The van der Waals surface area contributed by atoms with Gasteiger partial charge >= 0.3 is 0 Å². The normalized spacial score (nSPS) is 11.2. The number of benzene rings is 1. The Balaban J connectivity index is 2.68. The maximum absolute atomic E-state index is 12.0. The molecular formula is C14H22N2O3. The van der Waals surface area contributed by atoms with Gasteiger partial charge in [0.2, 0.25) is 0 Å². The molecule has 0 aliphatic rings. The number of carbonyl (C=O) groups is 1. The smallest absolute Gasteiger partial charge is 0.253 e. The summed E-state index contributed by atoms with van der Waals surface area (Å²) in [6.45, 7) is 4.56. The molecule has 106 valence electrons. The number of nitrogens with one attached hydrogen (secondary N) is 1. The Morgan fingerprint density at radius 3 is 2.68 bits per heavy atom. The third-order valence-corrected chi connectivity index (χ3v) is 3.02. The quantitative estimate of drug-likeness (QED) is 0.680. The molecular weight excluding hydrogens is 244 g/mol. The van der Waals surface area contributed by atoms with Crippen LogP contribution < -0.4 is 15.8 Å². The number of nitrogens with two attached hydrogens (primary N) is 1. The van der Waals surface area contributed by atoms with Gasteiger partial charge in [-0.2, -0.15) is 0 Å². The summed E-state index contributed by atoms with van der Waals surface area (Å²) in [5.74, 6) is 0.404. The predicted molar refractivity (Wildman–Crippen MR) is 75.2 cm³/mol. The molecule has 0 fully saturated rings. The first kappa shape index (κ1) is 15.3. The molecule has 1 aromatic carbocycles. The SMILES string of the molecule is COc1ccc(C(=O)NCC(C)(C)CCO)c(N)c1. The monoisotopic (exact) mass is 266 g/mol. The van der Waals surface area contributed by atoms with Crippen LogP contribution in [0.4, 0.5) is 5.69 Å². The molecule has 0 bridgehead atoms. The molecule has 0 aliphatic carbocycles. The number of anilines is 1. The average molecular weight is 266 g/mol. The highest BCUT2D eigenvalue weighted by Gasteiger charge is 2.19. The van der Waals surface area contributed by atoms with Gasteiger partial charge in [-0.3, -0.25) is 4.79 Å². The molecule has 0 unspecified atom stereocenters. The molecule has 1 aromatic rings. The molecule has 0 atom stereocenters. The minimum atomic E-state index is -0.217. The van der Waals surface area contributed by atoms with Crippen LogP contribution >= 0.6 is 0 Å². The lowest BCUT2D eigenvalue weighted by Gasteiger charge is -2.24. The Morgan fingerprint density at radius 2 is 2.16 bits per heavy atom. The Kier molecular flexibility index (Phi) is 5.18. The van der Waals surface area contributed by atoms with Crippen LogP contribution in [0, 0.1) is 5.41 Å². The number of hydrogen-bond acceptors (Lipinski definition) is 4. The van der Waals surface area contributed by atoms with Gasteiger partial charge in [-0.25, -0.2) is 0 Å². The minimum absolute atomic E-state index is 0.105. The molecule has 19 heavy (non-hydrogen) atoms. The summed E-state index contributed by atoms with van der Waals surface area (Å²) in [5, 5.41) is 11.8. The van der Waals surface area contributed by atoms with Crippen molar-refractivity contribution in [2.24, 2.45) is 5.41 Å². The van der Waals surface area contributed by atoms with Crippen molar-refractivity contribution < 1.29 is 14.6 Å². The first-order valence-electron chi connectivity index (χ1n) is 6.22. The molecule has 1 rings (SSSR count). The number of aliphatic hydroxyl groups is 1. The van der Waals surface area contributed by atoms with E-state index in [9.17, 15) is 4.79 Å². The van der Waals surface area contributed by atoms with E-state index < -0.39 is 0 Å². The molecule has 0 aromatic heterocycles. The van der Waals surface area contributed by atoms with E-state index in [1.807, 2.05) is 13.8 Å². The van der Waals surface area contributed by atoms with Crippen molar-refractivity contribution in [1.82, 2.24) is 5.32 Å². The second kappa shape index (κ2) is 6.43. The topological polar surface area (TPSA) is 84.6 Å². The molecule has 5 heteroatoms. The molecule has 0 aliphatic heterocycles. The highest BCUT2D eigenvalue weighted by molar-refractivity contribution is 5.99. The maximum Gasteiger partial charge on any atom is 0.253 e. The largest absolute Gasteiger partial charge is 0.497 e. The predicted octanol–water partition coefficient (Wildman–Crippen LogP) is 1.42. The Hall–Kier alpha value is -1.75. The molecule has 0 saturated carbocycles. The van der Waals surface area contributed by atoms with E-state index >= 15 is 0 Å². The lowest BCUT2D eigenvalue weighted by molar-refractivity contribution is 0.0929. The summed E-state index contributed by atoms with van der Waals surface area (Å²) >= 11 is 0. The van der Waals surface area contributed by atoms with Crippen LogP contribution in [0.1, 0.15) is 30.6 Å². The summed E-state index contributed by atoms with van der Waals surface area (Å²) in [7, 11) is 1.55. The molecule has 0 radical (unpaired) electrons. The van der Waals surface area contributed by atoms with Gasteiger partial charge in [0.1, 0.15) is 5.75 Å². The summed E-state index contributed by atoms with van der Waals surface area (Å²) in [5.41, 5.74) is 6.48. The van der Waals surface area contributed by atoms with Gasteiger partial charge in [-0.05, 0) is 24.0 Å². The average Bonchev–Trinajstić information content (AvgIpc) is 2.36. The van der Waals surface area contributed by atoms with Crippen molar-refractivity contribution in [1.29, 1.82) is 0 Å². The van der Waals surface area contributed by atoms with E-state index in [2.05, 4.69) is 5.32 Å². The fourth-order valence-electron chi connectivity index (χ4n) is 1.68. The Bertz CT molecular complexity index is 444. The summed E-state index contributed by atoms with van der Waals surface area (Å²) in [4.78, 5) is 12.0. The van der Waals surface area contributed by atoms with Crippen LogP contribution in [0.2, 0.25) is 0 Å². The van der Waals surface area contributed by atoms with Gasteiger partial charge in [0, 0.05) is 24.9 Å². The lowest BCUT2D eigenvalue weighted by atomic mass is 9.89. The Morgan fingerprint density at radius 1 is 1.47 bits per heavy atom. The highest BCUT2D eigenvalue weighted by atomic mass is 16.5. The highest BCUT2D eigenvalue weighted by Crippen LogP contribution is 2.21. The van der Waals surface area contributed by atoms with E-state index in [1.165, 1.54) is 0 Å². The summed E-state index contributed by atoms with van der Waals surface area (Å²) < 4.78 is 5.04. The van der Waals surface area contributed by atoms with Crippen molar-refractivity contribution in [2.45, 2.75) is 20.3 Å². The fraction of sp³-hybridized carbons (Fsp3) is 0.500. The van der Waals surface area contributed by atoms with Gasteiger partial charge in [-0.1, -0.05) is 13.8 Å². The van der Waals surface area contributed by atoms with E-state index in [0.29, 0.717) is 30.0 Å². The maximum atomic E-state index is 12.0. The van der Waals surface area contributed by atoms with Crippen molar-refractivity contribution in [3.05, 3.63) is 23.8 Å². The van der Waals surface area contributed by atoms with E-state index in [-0.39, 0.29) is 17.9 Å². The van der Waals surface area contributed by atoms with Crippen molar-refractivity contribution in [3.8, 4) is 5.75 Å². The number of nitrogen functional groups attached to an aromatic ring is 1.